The SMILES string of the molecule is CCC(CC)C(=O)N1CCC(NC(=NCc2cccs2)NCCc2ccco2)CC1.I. The summed E-state index contributed by atoms with van der Waals surface area (Å²) in [5.41, 5.74) is 0. The van der Waals surface area contributed by atoms with Crippen LogP contribution >= 0.6 is 35.3 Å². The molecule has 0 aliphatic carbocycles. The van der Waals surface area contributed by atoms with Crippen molar-refractivity contribution in [3.8, 4) is 0 Å². The fraction of sp³-hybridized carbons (Fsp3) is 0.565. The number of thiophene rings is 1. The van der Waals surface area contributed by atoms with Crippen LogP contribution in [-0.2, 0) is 17.8 Å². The molecule has 2 aromatic rings. The molecule has 3 heterocycles. The summed E-state index contributed by atoms with van der Waals surface area (Å²) in [6.45, 7) is 7.26. The molecule has 1 aliphatic heterocycles. The van der Waals surface area contributed by atoms with Crippen molar-refractivity contribution in [2.24, 2.45) is 10.9 Å². The number of hydrogen-bond acceptors (Lipinski definition) is 4. The molecule has 172 valence electrons. The van der Waals surface area contributed by atoms with Gasteiger partial charge in [-0.05, 0) is 49.3 Å². The third-order valence-electron chi connectivity index (χ3n) is 5.70. The van der Waals surface area contributed by atoms with E-state index < -0.39 is 0 Å². The standard InChI is InChI=1S/C23H34N4O2S.HI/c1-3-18(4-2)22(28)27-13-10-19(11-14-27)26-23(25-17-21-8-6-16-30-21)24-12-9-20-7-5-15-29-20;/h5-8,15-16,18-19H,3-4,9-14,17H2,1-2H3,(H2,24,25,26);1H. The van der Waals surface area contributed by atoms with E-state index in [0.717, 1.165) is 63.5 Å². The molecule has 0 unspecified atom stereocenters. The van der Waals surface area contributed by atoms with Crippen LogP contribution in [0.1, 0.15) is 50.2 Å². The number of nitrogens with one attached hydrogen (secondary N) is 2. The lowest BCUT2D eigenvalue weighted by molar-refractivity contribution is -0.136. The zero-order valence-electron chi connectivity index (χ0n) is 18.5. The van der Waals surface area contributed by atoms with Gasteiger partial charge in [-0.3, -0.25) is 4.79 Å². The number of piperidine rings is 1. The Bertz CT molecular complexity index is 768. The summed E-state index contributed by atoms with van der Waals surface area (Å²) in [7, 11) is 0. The number of hydrogen-bond donors (Lipinski definition) is 2. The van der Waals surface area contributed by atoms with Crippen LogP contribution in [0.3, 0.4) is 0 Å². The van der Waals surface area contributed by atoms with Gasteiger partial charge in [-0.1, -0.05) is 19.9 Å². The molecule has 1 amide bonds. The van der Waals surface area contributed by atoms with Crippen molar-refractivity contribution in [3.63, 3.8) is 0 Å². The number of furan rings is 1. The summed E-state index contributed by atoms with van der Waals surface area (Å²) < 4.78 is 5.42. The molecule has 1 saturated heterocycles. The van der Waals surface area contributed by atoms with Crippen LogP contribution in [0.25, 0.3) is 0 Å². The molecule has 0 bridgehead atoms. The normalized spacial score (nSPS) is 15.1. The van der Waals surface area contributed by atoms with Gasteiger partial charge in [0.25, 0.3) is 0 Å². The Kier molecular flexibility index (Phi) is 11.4. The molecule has 1 fully saturated rings. The number of halogens is 1. The average Bonchev–Trinajstić information content (AvgIpc) is 3.47. The number of carbonyl (C=O) groups is 1. The van der Waals surface area contributed by atoms with Crippen molar-refractivity contribution in [1.29, 1.82) is 0 Å². The van der Waals surface area contributed by atoms with Crippen molar-refractivity contribution in [2.45, 2.75) is 58.5 Å². The van der Waals surface area contributed by atoms with Crippen LogP contribution in [0.4, 0.5) is 0 Å². The van der Waals surface area contributed by atoms with Gasteiger partial charge in [0, 0.05) is 42.9 Å². The Morgan fingerprint density at radius 2 is 2.03 bits per heavy atom. The van der Waals surface area contributed by atoms with Gasteiger partial charge in [-0.25, -0.2) is 4.99 Å². The molecule has 6 nitrogen and oxygen atoms in total. The van der Waals surface area contributed by atoms with Gasteiger partial charge >= 0.3 is 0 Å². The fourth-order valence-electron chi connectivity index (χ4n) is 3.80. The summed E-state index contributed by atoms with van der Waals surface area (Å²) in [4.78, 5) is 20.7. The second kappa shape index (κ2) is 13.8. The minimum Gasteiger partial charge on any atom is -0.469 e. The highest BCUT2D eigenvalue weighted by Gasteiger charge is 2.26. The van der Waals surface area contributed by atoms with E-state index in [2.05, 4.69) is 42.0 Å². The van der Waals surface area contributed by atoms with E-state index in [1.807, 2.05) is 17.0 Å². The maximum Gasteiger partial charge on any atom is 0.225 e. The highest BCUT2D eigenvalue weighted by Crippen LogP contribution is 2.17. The van der Waals surface area contributed by atoms with E-state index in [1.54, 1.807) is 17.6 Å². The number of guanidine groups is 1. The molecular weight excluding hydrogens is 523 g/mol. The van der Waals surface area contributed by atoms with Crippen LogP contribution in [0.5, 0.6) is 0 Å². The van der Waals surface area contributed by atoms with E-state index in [-0.39, 0.29) is 29.9 Å². The highest BCUT2D eigenvalue weighted by atomic mass is 127. The first-order valence-corrected chi connectivity index (χ1v) is 12.0. The minimum absolute atomic E-state index is 0. The molecule has 2 aromatic heterocycles. The third-order valence-corrected chi connectivity index (χ3v) is 6.56. The molecule has 31 heavy (non-hydrogen) atoms. The lowest BCUT2D eigenvalue weighted by Gasteiger charge is -2.35. The lowest BCUT2D eigenvalue weighted by atomic mass is 9.98. The van der Waals surface area contributed by atoms with Crippen molar-refractivity contribution in [3.05, 3.63) is 46.5 Å². The number of likely N-dealkylation sites (tertiary alicyclic amines) is 1. The van der Waals surface area contributed by atoms with Crippen molar-refractivity contribution >= 4 is 47.2 Å². The van der Waals surface area contributed by atoms with Crippen LogP contribution in [0.15, 0.2) is 45.3 Å². The number of aliphatic imine (C=N–C) groups is 1. The second-order valence-electron chi connectivity index (χ2n) is 7.76. The van der Waals surface area contributed by atoms with E-state index in [0.29, 0.717) is 18.5 Å². The fourth-order valence-corrected chi connectivity index (χ4v) is 4.43. The zero-order chi connectivity index (χ0) is 21.2. The van der Waals surface area contributed by atoms with E-state index in [9.17, 15) is 4.79 Å². The van der Waals surface area contributed by atoms with Crippen LogP contribution in [-0.4, -0.2) is 42.4 Å². The summed E-state index contributed by atoms with van der Waals surface area (Å²) >= 11 is 1.72. The van der Waals surface area contributed by atoms with Crippen LogP contribution in [0, 0.1) is 5.92 Å². The first-order chi connectivity index (χ1) is 14.7. The van der Waals surface area contributed by atoms with Crippen molar-refractivity contribution < 1.29 is 9.21 Å². The minimum atomic E-state index is 0. The van der Waals surface area contributed by atoms with Gasteiger partial charge in [-0.2, -0.15) is 0 Å². The van der Waals surface area contributed by atoms with E-state index in [1.165, 1.54) is 4.88 Å². The number of amides is 1. The van der Waals surface area contributed by atoms with Gasteiger partial charge in [-0.15, -0.1) is 35.3 Å². The smallest absolute Gasteiger partial charge is 0.225 e. The Labute approximate surface area is 206 Å². The molecule has 0 atom stereocenters. The molecule has 0 saturated carbocycles. The largest absolute Gasteiger partial charge is 0.469 e. The maximum absolute atomic E-state index is 12.6. The summed E-state index contributed by atoms with van der Waals surface area (Å²) in [6.07, 6.45) is 6.26. The number of nitrogens with zero attached hydrogens (tertiary/aromatic N) is 2. The van der Waals surface area contributed by atoms with Crippen LogP contribution < -0.4 is 10.6 Å². The second-order valence-corrected chi connectivity index (χ2v) is 8.79. The molecule has 0 aromatic carbocycles. The molecule has 0 spiro atoms. The van der Waals surface area contributed by atoms with Crippen LogP contribution in [0.2, 0.25) is 0 Å². The van der Waals surface area contributed by atoms with Gasteiger partial charge in [0.05, 0.1) is 12.8 Å². The summed E-state index contributed by atoms with van der Waals surface area (Å²) in [5, 5.41) is 9.11. The Morgan fingerprint density at radius 3 is 2.65 bits per heavy atom. The molecule has 8 heteroatoms. The number of rotatable bonds is 9. The Balaban J connectivity index is 0.00000341. The van der Waals surface area contributed by atoms with E-state index in [4.69, 9.17) is 9.41 Å². The van der Waals surface area contributed by atoms with Gasteiger partial charge < -0.3 is 20.0 Å². The molecular formula is C23H35IN4O2S. The maximum atomic E-state index is 12.6. The molecule has 1 aliphatic rings. The molecule has 0 radical (unpaired) electrons. The quantitative estimate of drug-likeness (QED) is 0.267. The summed E-state index contributed by atoms with van der Waals surface area (Å²) in [5.74, 6) is 2.29. The Hall–Kier alpha value is -1.55. The van der Waals surface area contributed by atoms with Crippen molar-refractivity contribution in [1.82, 2.24) is 15.5 Å². The predicted molar refractivity (Wildman–Crippen MR) is 138 cm³/mol. The molecule has 3 rings (SSSR count). The average molecular weight is 559 g/mol. The highest BCUT2D eigenvalue weighted by molar-refractivity contribution is 14.0. The topological polar surface area (TPSA) is 69.9 Å². The lowest BCUT2D eigenvalue weighted by Crippen LogP contribution is -2.50. The first-order valence-electron chi connectivity index (χ1n) is 11.1. The summed E-state index contributed by atoms with van der Waals surface area (Å²) in [6, 6.07) is 8.39. The zero-order valence-corrected chi connectivity index (χ0v) is 21.7. The van der Waals surface area contributed by atoms with Gasteiger partial charge in [0.15, 0.2) is 5.96 Å². The van der Waals surface area contributed by atoms with E-state index >= 15 is 0 Å². The van der Waals surface area contributed by atoms with Crippen molar-refractivity contribution in [2.75, 3.05) is 19.6 Å². The Morgan fingerprint density at radius 1 is 1.26 bits per heavy atom. The van der Waals surface area contributed by atoms with Gasteiger partial charge in [0.2, 0.25) is 5.91 Å². The monoisotopic (exact) mass is 558 g/mol. The predicted octanol–water partition coefficient (Wildman–Crippen LogP) is 4.66. The first kappa shape index (κ1) is 25.7. The van der Waals surface area contributed by atoms with Gasteiger partial charge in [0.1, 0.15) is 5.76 Å². The number of carbonyl (C=O) groups excluding carboxylic acids is 1. The molecule has 2 N–H and O–H groups in total. The third kappa shape index (κ3) is 8.14.